The van der Waals surface area contributed by atoms with Gasteiger partial charge in [0.05, 0.1) is 5.56 Å². The van der Waals surface area contributed by atoms with E-state index in [1.807, 2.05) is 25.1 Å². The van der Waals surface area contributed by atoms with Gasteiger partial charge in [0.25, 0.3) is 0 Å². The minimum absolute atomic E-state index is 0.154. The monoisotopic (exact) mass is 336 g/mol. The molecule has 0 unspecified atom stereocenters. The molecule has 25 heavy (non-hydrogen) atoms. The highest BCUT2D eigenvalue weighted by Gasteiger charge is 2.28. The lowest BCUT2D eigenvalue weighted by Gasteiger charge is -2.06. The highest BCUT2D eigenvalue weighted by Crippen LogP contribution is 2.37. The fourth-order valence-corrected chi connectivity index (χ4v) is 2.62. The van der Waals surface area contributed by atoms with Gasteiger partial charge in [-0.25, -0.2) is 0 Å². The minimum Gasteiger partial charge on any atom is -0.489 e. The predicted molar refractivity (Wildman–Crippen MR) is 92.3 cm³/mol. The van der Waals surface area contributed by atoms with Crippen molar-refractivity contribution in [3.63, 3.8) is 0 Å². The van der Waals surface area contributed by atoms with Gasteiger partial charge < -0.3 is 18.9 Å². The molecule has 2 aliphatic heterocycles. The molecule has 0 spiro atoms. The lowest BCUT2D eigenvalue weighted by molar-refractivity contribution is 0.101. The smallest absolute Gasteiger partial charge is 0.231 e. The van der Waals surface area contributed by atoms with Gasteiger partial charge in [-0.05, 0) is 48.4 Å². The van der Waals surface area contributed by atoms with Crippen LogP contribution in [0.25, 0.3) is 6.08 Å². The first kappa shape index (κ1) is 15.3. The zero-order valence-electron chi connectivity index (χ0n) is 13.7. The van der Waals surface area contributed by atoms with Crippen LogP contribution in [0.4, 0.5) is 0 Å². The summed E-state index contributed by atoms with van der Waals surface area (Å²) in [7, 11) is 0. The number of hydrogen-bond acceptors (Lipinski definition) is 5. The maximum atomic E-state index is 12.5. The van der Waals surface area contributed by atoms with Gasteiger partial charge in [-0.15, -0.1) is 0 Å². The molecule has 2 aromatic rings. The third kappa shape index (κ3) is 2.96. The zero-order valence-corrected chi connectivity index (χ0v) is 13.7. The molecule has 126 valence electrons. The standard InChI is InChI=1S/C20H16O5/c1-12(2)10-22-14-4-5-15-17(9-14)25-19(20(15)21)8-13-3-6-16-18(7-13)24-11-23-16/h3-9H,1,10-11H2,2H3/b19-8-. The van der Waals surface area contributed by atoms with Crippen LogP contribution in [0, 0.1) is 0 Å². The van der Waals surface area contributed by atoms with Crippen LogP contribution in [-0.2, 0) is 0 Å². The zero-order chi connectivity index (χ0) is 17.4. The van der Waals surface area contributed by atoms with E-state index >= 15 is 0 Å². The number of benzene rings is 2. The average Bonchev–Trinajstić information content (AvgIpc) is 3.17. The van der Waals surface area contributed by atoms with Crippen molar-refractivity contribution in [2.45, 2.75) is 6.92 Å². The third-order valence-corrected chi connectivity index (χ3v) is 3.82. The molecule has 0 amide bonds. The molecule has 0 saturated carbocycles. The summed E-state index contributed by atoms with van der Waals surface area (Å²) in [6.07, 6.45) is 1.69. The topological polar surface area (TPSA) is 54.0 Å². The van der Waals surface area contributed by atoms with E-state index in [4.69, 9.17) is 18.9 Å². The number of Topliss-reactive ketones (excluding diaryl/α,β-unsaturated/α-hetero) is 1. The van der Waals surface area contributed by atoms with Gasteiger partial charge in [-0.2, -0.15) is 0 Å². The van der Waals surface area contributed by atoms with E-state index in [0.717, 1.165) is 11.1 Å². The Kier molecular flexibility index (Phi) is 3.69. The largest absolute Gasteiger partial charge is 0.489 e. The lowest BCUT2D eigenvalue weighted by atomic mass is 10.1. The maximum Gasteiger partial charge on any atom is 0.231 e. The van der Waals surface area contributed by atoms with Gasteiger partial charge in [0.15, 0.2) is 17.3 Å². The molecular weight excluding hydrogens is 320 g/mol. The molecule has 0 aromatic heterocycles. The first-order valence-corrected chi connectivity index (χ1v) is 7.85. The molecule has 5 nitrogen and oxygen atoms in total. The number of hydrogen-bond donors (Lipinski definition) is 0. The van der Waals surface area contributed by atoms with Crippen LogP contribution >= 0.6 is 0 Å². The van der Waals surface area contributed by atoms with Crippen molar-refractivity contribution >= 4 is 11.9 Å². The summed E-state index contributed by atoms with van der Waals surface area (Å²) in [5, 5.41) is 0. The Morgan fingerprint density at radius 2 is 2.00 bits per heavy atom. The van der Waals surface area contributed by atoms with Crippen molar-refractivity contribution in [2.75, 3.05) is 13.4 Å². The maximum absolute atomic E-state index is 12.5. The van der Waals surface area contributed by atoms with E-state index in [0.29, 0.717) is 35.2 Å². The normalized spacial score (nSPS) is 15.9. The lowest BCUT2D eigenvalue weighted by Crippen LogP contribution is -1.98. The van der Waals surface area contributed by atoms with Crippen molar-refractivity contribution in [3.05, 3.63) is 65.4 Å². The van der Waals surface area contributed by atoms with Crippen molar-refractivity contribution in [1.29, 1.82) is 0 Å². The van der Waals surface area contributed by atoms with Gasteiger partial charge in [0.1, 0.15) is 18.1 Å². The molecule has 2 aromatic carbocycles. The summed E-state index contributed by atoms with van der Waals surface area (Å²) < 4.78 is 22.0. The van der Waals surface area contributed by atoms with Crippen LogP contribution in [-0.4, -0.2) is 19.2 Å². The molecule has 5 heteroatoms. The van der Waals surface area contributed by atoms with Crippen LogP contribution in [0.3, 0.4) is 0 Å². The van der Waals surface area contributed by atoms with Gasteiger partial charge >= 0.3 is 0 Å². The summed E-state index contributed by atoms with van der Waals surface area (Å²) in [4.78, 5) is 12.5. The van der Waals surface area contributed by atoms with Crippen LogP contribution < -0.4 is 18.9 Å². The molecule has 2 heterocycles. The Labute approximate surface area is 145 Å². The molecule has 0 bridgehead atoms. The Morgan fingerprint density at radius 1 is 1.16 bits per heavy atom. The molecule has 0 fully saturated rings. The van der Waals surface area contributed by atoms with Crippen molar-refractivity contribution in [1.82, 2.24) is 0 Å². The van der Waals surface area contributed by atoms with Crippen molar-refractivity contribution in [3.8, 4) is 23.0 Å². The summed E-state index contributed by atoms with van der Waals surface area (Å²) in [6.45, 7) is 6.32. The van der Waals surface area contributed by atoms with Crippen LogP contribution in [0.15, 0.2) is 54.3 Å². The van der Waals surface area contributed by atoms with Crippen molar-refractivity contribution in [2.24, 2.45) is 0 Å². The average molecular weight is 336 g/mol. The van der Waals surface area contributed by atoms with Crippen LogP contribution in [0.2, 0.25) is 0 Å². The second-order valence-corrected chi connectivity index (χ2v) is 5.96. The van der Waals surface area contributed by atoms with E-state index in [1.54, 1.807) is 24.3 Å². The van der Waals surface area contributed by atoms with E-state index in [2.05, 4.69) is 6.58 Å². The van der Waals surface area contributed by atoms with Crippen LogP contribution in [0.1, 0.15) is 22.8 Å². The highest BCUT2D eigenvalue weighted by atomic mass is 16.7. The van der Waals surface area contributed by atoms with Gasteiger partial charge in [0.2, 0.25) is 12.6 Å². The first-order chi connectivity index (χ1) is 12.1. The van der Waals surface area contributed by atoms with Gasteiger partial charge in [-0.1, -0.05) is 12.6 Å². The number of fused-ring (bicyclic) bond motifs is 2. The molecule has 2 aliphatic rings. The molecule has 0 N–H and O–H groups in total. The molecule has 0 radical (unpaired) electrons. The second-order valence-electron chi connectivity index (χ2n) is 5.96. The fraction of sp³-hybridized carbons (Fsp3) is 0.150. The quantitative estimate of drug-likeness (QED) is 0.624. The SMILES string of the molecule is C=C(C)COc1ccc2c(c1)O/C(=C\c1ccc3c(c1)OCO3)C2=O. The first-order valence-electron chi connectivity index (χ1n) is 7.85. The van der Waals surface area contributed by atoms with E-state index in [-0.39, 0.29) is 18.3 Å². The molecule has 4 rings (SSSR count). The number of rotatable bonds is 4. The second kappa shape index (κ2) is 6.02. The molecule has 0 aliphatic carbocycles. The van der Waals surface area contributed by atoms with E-state index in [9.17, 15) is 4.79 Å². The molecular formula is C20H16O5. The summed E-state index contributed by atoms with van der Waals surface area (Å²) in [5.41, 5.74) is 2.25. The summed E-state index contributed by atoms with van der Waals surface area (Å²) >= 11 is 0. The number of carbonyl (C=O) groups is 1. The Morgan fingerprint density at radius 3 is 2.84 bits per heavy atom. The Bertz CT molecular complexity index is 910. The van der Waals surface area contributed by atoms with Crippen LogP contribution in [0.5, 0.6) is 23.0 Å². The number of carbonyl (C=O) groups excluding carboxylic acids is 1. The summed E-state index contributed by atoms with van der Waals surface area (Å²) in [6, 6.07) is 10.7. The van der Waals surface area contributed by atoms with E-state index < -0.39 is 0 Å². The molecule has 0 atom stereocenters. The predicted octanol–water partition coefficient (Wildman–Crippen LogP) is 3.99. The highest BCUT2D eigenvalue weighted by molar-refractivity contribution is 6.14. The Hall–Kier alpha value is -3.21. The van der Waals surface area contributed by atoms with E-state index in [1.165, 1.54) is 0 Å². The number of ketones is 1. The van der Waals surface area contributed by atoms with Crippen molar-refractivity contribution < 1.29 is 23.7 Å². The summed E-state index contributed by atoms with van der Waals surface area (Å²) in [5.74, 6) is 2.61. The van der Waals surface area contributed by atoms with Gasteiger partial charge in [-0.3, -0.25) is 4.79 Å². The third-order valence-electron chi connectivity index (χ3n) is 3.82. The number of allylic oxidation sites excluding steroid dienone is 1. The Balaban J connectivity index is 1.58. The van der Waals surface area contributed by atoms with Gasteiger partial charge in [0, 0.05) is 6.07 Å². The number of ether oxygens (including phenoxy) is 4. The molecule has 0 saturated heterocycles. The fourth-order valence-electron chi connectivity index (χ4n) is 2.62. The minimum atomic E-state index is -0.154.